The molecule has 0 saturated heterocycles. The number of aromatic nitrogens is 2. The number of ether oxygens (including phenoxy) is 1. The van der Waals surface area contributed by atoms with Crippen LogP contribution >= 0.6 is 0 Å². The Labute approximate surface area is 155 Å². The van der Waals surface area contributed by atoms with Gasteiger partial charge in [-0.05, 0) is 6.92 Å². The van der Waals surface area contributed by atoms with Gasteiger partial charge in [-0.1, -0.05) is 71.0 Å². The molecule has 6 nitrogen and oxygen atoms in total. The standard InChI is InChI=1S/C21H16N2O4/c1-2-25-21(24)17-19(15-11-7-4-8-12-15)23-27-20(17)16-13-26-22-18(16)14-9-5-3-6-10-14/h3-13H,2H2,1H3. The van der Waals surface area contributed by atoms with Crippen LogP contribution in [0.2, 0.25) is 0 Å². The number of carbonyl (C=O) groups excluding carboxylic acids is 1. The molecule has 134 valence electrons. The van der Waals surface area contributed by atoms with E-state index in [9.17, 15) is 4.79 Å². The highest BCUT2D eigenvalue weighted by Crippen LogP contribution is 2.37. The molecule has 0 aliphatic rings. The predicted octanol–water partition coefficient (Wildman–Crippen LogP) is 4.84. The third kappa shape index (κ3) is 3.13. The van der Waals surface area contributed by atoms with E-state index in [4.69, 9.17) is 13.8 Å². The third-order valence-corrected chi connectivity index (χ3v) is 4.08. The minimum Gasteiger partial charge on any atom is -0.462 e. The molecule has 0 amide bonds. The van der Waals surface area contributed by atoms with Crippen LogP contribution in [-0.4, -0.2) is 22.9 Å². The van der Waals surface area contributed by atoms with Crippen LogP contribution in [0.4, 0.5) is 0 Å². The lowest BCUT2D eigenvalue weighted by molar-refractivity contribution is 0.0527. The van der Waals surface area contributed by atoms with Gasteiger partial charge < -0.3 is 13.8 Å². The monoisotopic (exact) mass is 360 g/mol. The smallest absolute Gasteiger partial charge is 0.344 e. The fourth-order valence-electron chi connectivity index (χ4n) is 2.86. The first-order valence-electron chi connectivity index (χ1n) is 8.52. The normalized spacial score (nSPS) is 10.7. The predicted molar refractivity (Wildman–Crippen MR) is 98.8 cm³/mol. The van der Waals surface area contributed by atoms with Gasteiger partial charge in [0.25, 0.3) is 0 Å². The summed E-state index contributed by atoms with van der Waals surface area (Å²) in [5, 5.41) is 8.21. The fraction of sp³-hybridized carbons (Fsp3) is 0.0952. The summed E-state index contributed by atoms with van der Waals surface area (Å²) in [7, 11) is 0. The molecular weight excluding hydrogens is 344 g/mol. The number of esters is 1. The van der Waals surface area contributed by atoms with E-state index < -0.39 is 5.97 Å². The second kappa shape index (κ2) is 7.29. The third-order valence-electron chi connectivity index (χ3n) is 4.08. The molecule has 2 heterocycles. The van der Waals surface area contributed by atoms with Crippen LogP contribution in [0.5, 0.6) is 0 Å². The van der Waals surface area contributed by atoms with Gasteiger partial charge in [-0.15, -0.1) is 0 Å². The van der Waals surface area contributed by atoms with Crippen molar-refractivity contribution in [2.75, 3.05) is 6.61 Å². The summed E-state index contributed by atoms with van der Waals surface area (Å²) in [5.41, 5.74) is 3.38. The Morgan fingerprint density at radius 1 is 0.926 bits per heavy atom. The highest BCUT2D eigenvalue weighted by atomic mass is 16.5. The van der Waals surface area contributed by atoms with E-state index in [1.807, 2.05) is 60.7 Å². The first kappa shape index (κ1) is 16.8. The van der Waals surface area contributed by atoms with E-state index in [0.717, 1.165) is 11.1 Å². The molecule has 0 aliphatic heterocycles. The maximum Gasteiger partial charge on any atom is 0.344 e. The van der Waals surface area contributed by atoms with E-state index in [1.165, 1.54) is 6.26 Å². The van der Waals surface area contributed by atoms with Gasteiger partial charge in [0, 0.05) is 11.1 Å². The lowest BCUT2D eigenvalue weighted by atomic mass is 10.0. The number of carbonyl (C=O) groups is 1. The van der Waals surface area contributed by atoms with Crippen molar-refractivity contribution in [2.24, 2.45) is 0 Å². The lowest BCUT2D eigenvalue weighted by Gasteiger charge is -2.04. The molecule has 2 aromatic carbocycles. The maximum absolute atomic E-state index is 12.7. The van der Waals surface area contributed by atoms with Crippen LogP contribution < -0.4 is 0 Å². The molecule has 4 aromatic rings. The van der Waals surface area contributed by atoms with Crippen molar-refractivity contribution in [1.29, 1.82) is 0 Å². The minimum absolute atomic E-state index is 0.243. The molecule has 0 aliphatic carbocycles. The second-order valence-corrected chi connectivity index (χ2v) is 5.76. The van der Waals surface area contributed by atoms with Crippen LogP contribution in [-0.2, 0) is 4.74 Å². The minimum atomic E-state index is -0.507. The van der Waals surface area contributed by atoms with Gasteiger partial charge in [-0.3, -0.25) is 0 Å². The summed E-state index contributed by atoms with van der Waals surface area (Å²) in [6, 6.07) is 18.9. The average Bonchev–Trinajstić information content (AvgIpc) is 3.36. The van der Waals surface area contributed by atoms with E-state index in [-0.39, 0.29) is 17.9 Å². The van der Waals surface area contributed by atoms with Gasteiger partial charge in [-0.25, -0.2) is 4.79 Å². The highest BCUT2D eigenvalue weighted by molar-refractivity contribution is 6.03. The number of nitrogens with zero attached hydrogens (tertiary/aromatic N) is 2. The number of hydrogen-bond donors (Lipinski definition) is 0. The van der Waals surface area contributed by atoms with E-state index >= 15 is 0 Å². The maximum atomic E-state index is 12.7. The zero-order chi connectivity index (χ0) is 18.6. The lowest BCUT2D eigenvalue weighted by Crippen LogP contribution is -2.06. The topological polar surface area (TPSA) is 78.4 Å². The quantitative estimate of drug-likeness (QED) is 0.474. The zero-order valence-corrected chi connectivity index (χ0v) is 14.6. The molecule has 0 unspecified atom stereocenters. The van der Waals surface area contributed by atoms with Gasteiger partial charge in [-0.2, -0.15) is 0 Å². The molecule has 0 bridgehead atoms. The van der Waals surface area contributed by atoms with E-state index in [1.54, 1.807) is 6.92 Å². The van der Waals surface area contributed by atoms with E-state index in [0.29, 0.717) is 17.0 Å². The zero-order valence-electron chi connectivity index (χ0n) is 14.6. The molecule has 0 saturated carbocycles. The van der Waals surface area contributed by atoms with Crippen molar-refractivity contribution < 1.29 is 18.6 Å². The van der Waals surface area contributed by atoms with Crippen LogP contribution in [0.25, 0.3) is 33.8 Å². The van der Waals surface area contributed by atoms with Crippen molar-refractivity contribution in [1.82, 2.24) is 10.3 Å². The van der Waals surface area contributed by atoms with Crippen LogP contribution in [0, 0.1) is 0 Å². The molecule has 0 fully saturated rings. The van der Waals surface area contributed by atoms with Crippen molar-refractivity contribution in [3.8, 4) is 33.8 Å². The Balaban J connectivity index is 1.89. The Morgan fingerprint density at radius 2 is 1.56 bits per heavy atom. The van der Waals surface area contributed by atoms with Crippen molar-refractivity contribution in [2.45, 2.75) is 6.92 Å². The van der Waals surface area contributed by atoms with Crippen molar-refractivity contribution in [3.05, 3.63) is 72.5 Å². The van der Waals surface area contributed by atoms with Gasteiger partial charge in [0.15, 0.2) is 5.76 Å². The first-order valence-corrected chi connectivity index (χ1v) is 8.52. The van der Waals surface area contributed by atoms with Crippen LogP contribution in [0.1, 0.15) is 17.3 Å². The summed E-state index contributed by atoms with van der Waals surface area (Å²) < 4.78 is 16.0. The van der Waals surface area contributed by atoms with Gasteiger partial charge >= 0.3 is 5.97 Å². The van der Waals surface area contributed by atoms with Crippen molar-refractivity contribution in [3.63, 3.8) is 0 Å². The SMILES string of the molecule is CCOC(=O)c1c(-c2ccccc2)noc1-c1conc1-c1ccccc1. The van der Waals surface area contributed by atoms with Crippen LogP contribution in [0.3, 0.4) is 0 Å². The van der Waals surface area contributed by atoms with Gasteiger partial charge in [0.1, 0.15) is 23.2 Å². The molecule has 27 heavy (non-hydrogen) atoms. The average molecular weight is 360 g/mol. The summed E-state index contributed by atoms with van der Waals surface area (Å²) in [5.74, 6) is -0.236. The van der Waals surface area contributed by atoms with E-state index in [2.05, 4.69) is 10.3 Å². The Kier molecular flexibility index (Phi) is 4.53. The molecule has 0 radical (unpaired) electrons. The molecule has 2 aromatic heterocycles. The Hall–Kier alpha value is -3.67. The van der Waals surface area contributed by atoms with Crippen LogP contribution in [0.15, 0.2) is 76.0 Å². The summed E-state index contributed by atoms with van der Waals surface area (Å²) in [6.07, 6.45) is 1.44. The molecule has 6 heteroatoms. The van der Waals surface area contributed by atoms with Gasteiger partial charge in [0.05, 0.1) is 12.2 Å². The Bertz CT molecular complexity index is 1050. The number of rotatable bonds is 5. The largest absolute Gasteiger partial charge is 0.462 e. The summed E-state index contributed by atoms with van der Waals surface area (Å²) in [4.78, 5) is 12.7. The fourth-order valence-corrected chi connectivity index (χ4v) is 2.86. The molecule has 0 spiro atoms. The van der Waals surface area contributed by atoms with Crippen molar-refractivity contribution >= 4 is 5.97 Å². The number of benzene rings is 2. The molecule has 0 N–H and O–H groups in total. The molecular formula is C21H16N2O4. The molecule has 0 atom stereocenters. The molecule has 4 rings (SSSR count). The second-order valence-electron chi connectivity index (χ2n) is 5.76. The van der Waals surface area contributed by atoms with Gasteiger partial charge in [0.2, 0.25) is 0 Å². The Morgan fingerprint density at radius 3 is 2.19 bits per heavy atom. The first-order chi connectivity index (χ1) is 13.3. The summed E-state index contributed by atoms with van der Waals surface area (Å²) >= 11 is 0. The summed E-state index contributed by atoms with van der Waals surface area (Å²) in [6.45, 7) is 1.99. The number of hydrogen-bond acceptors (Lipinski definition) is 6. The highest BCUT2D eigenvalue weighted by Gasteiger charge is 2.29.